The molecule has 0 saturated carbocycles. The lowest BCUT2D eigenvalue weighted by molar-refractivity contribution is 1.01. The molecule has 0 aliphatic carbocycles. The van der Waals surface area contributed by atoms with Gasteiger partial charge in [0, 0.05) is 12.7 Å². The lowest BCUT2D eigenvalue weighted by atomic mass is 10.1. The van der Waals surface area contributed by atoms with Crippen molar-refractivity contribution in [1.82, 2.24) is 0 Å². The van der Waals surface area contributed by atoms with Gasteiger partial charge in [-0.05, 0) is 18.1 Å². The second-order valence-electron chi connectivity index (χ2n) is 3.04. The summed E-state index contributed by atoms with van der Waals surface area (Å²) in [6.45, 7) is 2.82. The summed E-state index contributed by atoms with van der Waals surface area (Å²) in [7, 11) is 2.02. The van der Waals surface area contributed by atoms with Crippen LogP contribution in [0.1, 0.15) is 12.5 Å². The molecular formula is C12H15N. The minimum atomic E-state index is 0.664. The lowest BCUT2D eigenvalue weighted by Gasteiger charge is -2.19. The van der Waals surface area contributed by atoms with Crippen molar-refractivity contribution in [3.63, 3.8) is 0 Å². The highest BCUT2D eigenvalue weighted by molar-refractivity contribution is 5.53. The third-order valence-corrected chi connectivity index (χ3v) is 2.11. The van der Waals surface area contributed by atoms with E-state index in [9.17, 15) is 0 Å². The topological polar surface area (TPSA) is 3.24 Å². The summed E-state index contributed by atoms with van der Waals surface area (Å²) < 4.78 is 0. The zero-order valence-corrected chi connectivity index (χ0v) is 8.25. The standard InChI is InChI=1S/C12H15N/c1-4-10-13(3)12-9-7-6-8-11(12)5-2/h1,6-9H,5,10H2,2-3H3. The second kappa shape index (κ2) is 4.57. The average Bonchev–Trinajstić information content (AvgIpc) is 2.18. The minimum Gasteiger partial charge on any atom is -0.363 e. The number of aryl methyl sites for hydroxylation is 1. The van der Waals surface area contributed by atoms with Gasteiger partial charge in [0.1, 0.15) is 0 Å². The van der Waals surface area contributed by atoms with Crippen molar-refractivity contribution >= 4 is 5.69 Å². The lowest BCUT2D eigenvalue weighted by Crippen LogP contribution is -2.18. The Morgan fingerprint density at radius 3 is 2.69 bits per heavy atom. The molecule has 0 N–H and O–H groups in total. The van der Waals surface area contributed by atoms with Crippen LogP contribution in [0, 0.1) is 12.3 Å². The Morgan fingerprint density at radius 1 is 1.38 bits per heavy atom. The van der Waals surface area contributed by atoms with Crippen molar-refractivity contribution in [3.05, 3.63) is 29.8 Å². The molecule has 0 fully saturated rings. The van der Waals surface area contributed by atoms with Gasteiger partial charge in [-0.25, -0.2) is 0 Å². The molecule has 68 valence electrons. The molecule has 0 unspecified atom stereocenters. The summed E-state index contributed by atoms with van der Waals surface area (Å²) in [5.74, 6) is 2.64. The van der Waals surface area contributed by atoms with Crippen LogP contribution in [-0.2, 0) is 6.42 Å². The average molecular weight is 173 g/mol. The molecule has 0 amide bonds. The van der Waals surface area contributed by atoms with Crippen LogP contribution in [0.25, 0.3) is 0 Å². The van der Waals surface area contributed by atoms with E-state index < -0.39 is 0 Å². The molecule has 0 radical (unpaired) electrons. The Labute approximate surface area is 80.4 Å². The number of para-hydroxylation sites is 1. The van der Waals surface area contributed by atoms with Crippen LogP contribution in [0.2, 0.25) is 0 Å². The smallest absolute Gasteiger partial charge is 0.0788 e. The van der Waals surface area contributed by atoms with Gasteiger partial charge in [-0.3, -0.25) is 0 Å². The van der Waals surface area contributed by atoms with Crippen LogP contribution in [0.15, 0.2) is 24.3 Å². The van der Waals surface area contributed by atoms with Crippen molar-refractivity contribution in [2.45, 2.75) is 13.3 Å². The SMILES string of the molecule is C#CCN(C)c1ccccc1CC. The molecule has 13 heavy (non-hydrogen) atoms. The molecule has 1 nitrogen and oxygen atoms in total. The predicted octanol–water partition coefficient (Wildman–Crippen LogP) is 2.32. The van der Waals surface area contributed by atoms with Crippen molar-refractivity contribution < 1.29 is 0 Å². The van der Waals surface area contributed by atoms with E-state index in [-0.39, 0.29) is 0 Å². The second-order valence-corrected chi connectivity index (χ2v) is 3.04. The Morgan fingerprint density at radius 2 is 2.08 bits per heavy atom. The van der Waals surface area contributed by atoms with Crippen LogP contribution >= 0.6 is 0 Å². The van der Waals surface area contributed by atoms with Crippen molar-refractivity contribution in [2.24, 2.45) is 0 Å². The van der Waals surface area contributed by atoms with Gasteiger partial charge >= 0.3 is 0 Å². The number of nitrogens with zero attached hydrogens (tertiary/aromatic N) is 1. The molecule has 0 aliphatic rings. The van der Waals surface area contributed by atoms with E-state index in [0.717, 1.165) is 6.42 Å². The fraction of sp³-hybridized carbons (Fsp3) is 0.333. The van der Waals surface area contributed by atoms with E-state index in [4.69, 9.17) is 6.42 Å². The van der Waals surface area contributed by atoms with Gasteiger partial charge in [-0.1, -0.05) is 31.0 Å². The van der Waals surface area contributed by atoms with Crippen molar-refractivity contribution in [3.8, 4) is 12.3 Å². The van der Waals surface area contributed by atoms with Crippen molar-refractivity contribution in [2.75, 3.05) is 18.5 Å². The first-order valence-electron chi connectivity index (χ1n) is 4.52. The Balaban J connectivity index is 2.93. The fourth-order valence-corrected chi connectivity index (χ4v) is 1.40. The summed E-state index contributed by atoms with van der Waals surface area (Å²) >= 11 is 0. The molecule has 0 heterocycles. The summed E-state index contributed by atoms with van der Waals surface area (Å²) in [5.41, 5.74) is 2.59. The highest BCUT2D eigenvalue weighted by atomic mass is 15.1. The molecule has 1 heteroatoms. The summed E-state index contributed by atoms with van der Waals surface area (Å²) in [4.78, 5) is 2.10. The number of hydrogen-bond donors (Lipinski definition) is 0. The van der Waals surface area contributed by atoms with Gasteiger partial charge in [0.25, 0.3) is 0 Å². The van der Waals surface area contributed by atoms with Crippen molar-refractivity contribution in [1.29, 1.82) is 0 Å². The Kier molecular flexibility index (Phi) is 3.40. The van der Waals surface area contributed by atoms with E-state index in [2.05, 4.69) is 35.9 Å². The highest BCUT2D eigenvalue weighted by Crippen LogP contribution is 2.18. The van der Waals surface area contributed by atoms with Gasteiger partial charge in [0.05, 0.1) is 6.54 Å². The normalized spacial score (nSPS) is 9.31. The molecule has 0 bridgehead atoms. The molecule has 1 aromatic rings. The minimum absolute atomic E-state index is 0.664. The fourth-order valence-electron chi connectivity index (χ4n) is 1.40. The number of hydrogen-bond acceptors (Lipinski definition) is 1. The molecular weight excluding hydrogens is 158 g/mol. The van der Waals surface area contributed by atoms with Crippen LogP contribution < -0.4 is 4.90 Å². The Bertz CT molecular complexity index is 309. The quantitative estimate of drug-likeness (QED) is 0.634. The number of rotatable bonds is 3. The molecule has 0 saturated heterocycles. The largest absolute Gasteiger partial charge is 0.363 e. The van der Waals surface area contributed by atoms with Gasteiger partial charge in [0.2, 0.25) is 0 Å². The number of anilines is 1. The molecule has 1 rings (SSSR count). The summed E-state index contributed by atoms with van der Waals surface area (Å²) in [6, 6.07) is 8.35. The van der Waals surface area contributed by atoms with E-state index >= 15 is 0 Å². The van der Waals surface area contributed by atoms with E-state index in [1.165, 1.54) is 11.3 Å². The molecule has 1 aromatic carbocycles. The van der Waals surface area contributed by atoms with Crippen LogP contribution in [-0.4, -0.2) is 13.6 Å². The summed E-state index contributed by atoms with van der Waals surface area (Å²) in [6.07, 6.45) is 6.31. The first kappa shape index (κ1) is 9.67. The third kappa shape index (κ3) is 2.26. The predicted molar refractivity (Wildman–Crippen MR) is 57.9 cm³/mol. The zero-order valence-electron chi connectivity index (χ0n) is 8.25. The first-order chi connectivity index (χ1) is 6.29. The maximum Gasteiger partial charge on any atom is 0.0788 e. The van der Waals surface area contributed by atoms with E-state index in [0.29, 0.717) is 6.54 Å². The molecule has 0 spiro atoms. The molecule has 0 aliphatic heterocycles. The molecule has 0 atom stereocenters. The highest BCUT2D eigenvalue weighted by Gasteiger charge is 2.02. The third-order valence-electron chi connectivity index (χ3n) is 2.11. The maximum atomic E-state index is 5.27. The van der Waals surface area contributed by atoms with E-state index in [1.807, 2.05) is 13.1 Å². The van der Waals surface area contributed by atoms with Gasteiger partial charge in [-0.15, -0.1) is 6.42 Å². The van der Waals surface area contributed by atoms with Gasteiger partial charge < -0.3 is 4.90 Å². The van der Waals surface area contributed by atoms with Gasteiger partial charge in [0.15, 0.2) is 0 Å². The van der Waals surface area contributed by atoms with Crippen LogP contribution in [0.4, 0.5) is 5.69 Å². The monoisotopic (exact) mass is 173 g/mol. The van der Waals surface area contributed by atoms with Crippen LogP contribution in [0.5, 0.6) is 0 Å². The van der Waals surface area contributed by atoms with E-state index in [1.54, 1.807) is 0 Å². The Hall–Kier alpha value is -1.42. The molecule has 0 aromatic heterocycles. The summed E-state index contributed by atoms with van der Waals surface area (Å²) in [5, 5.41) is 0. The van der Waals surface area contributed by atoms with Gasteiger partial charge in [-0.2, -0.15) is 0 Å². The zero-order chi connectivity index (χ0) is 9.68. The first-order valence-corrected chi connectivity index (χ1v) is 4.52. The van der Waals surface area contributed by atoms with Crippen LogP contribution in [0.3, 0.4) is 0 Å². The maximum absolute atomic E-state index is 5.27. The number of terminal acetylenes is 1. The number of benzene rings is 1.